The maximum absolute atomic E-state index is 14.2. The molecule has 3 aromatic carbocycles. The normalized spacial score (nSPS) is 11.0. The Morgan fingerprint density at radius 3 is 2.61 bits per heavy atom. The number of para-hydroxylation sites is 1. The number of rotatable bonds is 5. The highest BCUT2D eigenvalue weighted by Gasteiger charge is 2.16. The van der Waals surface area contributed by atoms with E-state index in [1.165, 1.54) is 17.4 Å². The standard InChI is InChI=1S/C25H19FN4O2S/c1-30-25(32-2)18-12-11-15(13-21(18)29-30)23(31)27-20-10-6-4-8-17(20)22-14-33-24(28-22)16-7-3-5-9-19(16)26/h3-14H,1-2H3,(H,27,31). The van der Waals surface area contributed by atoms with E-state index in [1.807, 2.05) is 35.7 Å². The maximum Gasteiger partial charge on any atom is 0.255 e. The van der Waals surface area contributed by atoms with Crippen LogP contribution < -0.4 is 10.1 Å². The predicted octanol–water partition coefficient (Wildman–Crippen LogP) is 5.76. The second kappa shape index (κ2) is 8.48. The van der Waals surface area contributed by atoms with E-state index in [-0.39, 0.29) is 11.7 Å². The molecule has 6 nitrogen and oxygen atoms in total. The third kappa shape index (κ3) is 3.85. The number of hydrogen-bond acceptors (Lipinski definition) is 5. The molecule has 0 aliphatic rings. The van der Waals surface area contributed by atoms with Crippen LogP contribution in [-0.4, -0.2) is 27.8 Å². The molecule has 2 aromatic heterocycles. The molecule has 0 radical (unpaired) electrons. The van der Waals surface area contributed by atoms with E-state index in [1.54, 1.807) is 49.2 Å². The summed E-state index contributed by atoms with van der Waals surface area (Å²) in [5, 5.41) is 10.7. The molecule has 33 heavy (non-hydrogen) atoms. The number of hydrogen-bond donors (Lipinski definition) is 1. The summed E-state index contributed by atoms with van der Waals surface area (Å²) < 4.78 is 21.2. The molecule has 1 N–H and O–H groups in total. The minimum Gasteiger partial charge on any atom is -0.481 e. The van der Waals surface area contributed by atoms with Gasteiger partial charge in [0.15, 0.2) is 0 Å². The lowest BCUT2D eigenvalue weighted by atomic mass is 10.1. The van der Waals surface area contributed by atoms with Gasteiger partial charge in [-0.1, -0.05) is 30.3 Å². The van der Waals surface area contributed by atoms with Gasteiger partial charge in [-0.2, -0.15) is 5.10 Å². The molecule has 0 aliphatic carbocycles. The molecule has 164 valence electrons. The van der Waals surface area contributed by atoms with Crippen LogP contribution in [0.2, 0.25) is 0 Å². The number of ether oxygens (including phenoxy) is 1. The number of methoxy groups -OCH3 is 1. The Morgan fingerprint density at radius 1 is 1.06 bits per heavy atom. The van der Waals surface area contributed by atoms with Crippen LogP contribution in [-0.2, 0) is 7.05 Å². The third-order valence-corrected chi connectivity index (χ3v) is 6.17. The molecule has 0 spiro atoms. The van der Waals surface area contributed by atoms with Gasteiger partial charge in [0.2, 0.25) is 5.88 Å². The first kappa shape index (κ1) is 20.8. The summed E-state index contributed by atoms with van der Waals surface area (Å²) in [7, 11) is 3.38. The number of halogens is 1. The van der Waals surface area contributed by atoms with Crippen molar-refractivity contribution in [3.8, 4) is 27.7 Å². The summed E-state index contributed by atoms with van der Waals surface area (Å²) in [6.07, 6.45) is 0. The van der Waals surface area contributed by atoms with Gasteiger partial charge in [-0.05, 0) is 36.4 Å². The number of benzene rings is 3. The zero-order valence-electron chi connectivity index (χ0n) is 17.9. The van der Waals surface area contributed by atoms with Crippen molar-refractivity contribution in [1.82, 2.24) is 14.8 Å². The van der Waals surface area contributed by atoms with Gasteiger partial charge in [0.1, 0.15) is 10.8 Å². The number of nitrogens with one attached hydrogen (secondary N) is 1. The van der Waals surface area contributed by atoms with Gasteiger partial charge in [-0.25, -0.2) is 14.1 Å². The number of anilines is 1. The number of fused-ring (bicyclic) bond motifs is 1. The minimum atomic E-state index is -0.318. The van der Waals surface area contributed by atoms with E-state index >= 15 is 0 Å². The van der Waals surface area contributed by atoms with E-state index < -0.39 is 0 Å². The van der Waals surface area contributed by atoms with Crippen molar-refractivity contribution in [2.75, 3.05) is 12.4 Å². The smallest absolute Gasteiger partial charge is 0.255 e. The van der Waals surface area contributed by atoms with Crippen LogP contribution in [0.1, 0.15) is 10.4 Å². The van der Waals surface area contributed by atoms with E-state index in [0.29, 0.717) is 38.9 Å². The molecule has 0 fully saturated rings. The Balaban J connectivity index is 1.45. The van der Waals surface area contributed by atoms with Crippen molar-refractivity contribution in [1.29, 1.82) is 0 Å². The van der Waals surface area contributed by atoms with E-state index in [0.717, 1.165) is 10.9 Å². The van der Waals surface area contributed by atoms with Crippen LogP contribution in [0, 0.1) is 5.82 Å². The Kier molecular flexibility index (Phi) is 5.35. The van der Waals surface area contributed by atoms with Crippen LogP contribution in [0.5, 0.6) is 5.88 Å². The lowest BCUT2D eigenvalue weighted by Gasteiger charge is -2.10. The first-order valence-corrected chi connectivity index (χ1v) is 11.0. The highest BCUT2D eigenvalue weighted by molar-refractivity contribution is 7.13. The zero-order valence-corrected chi connectivity index (χ0v) is 18.7. The fraction of sp³-hybridized carbons (Fsp3) is 0.0800. The average Bonchev–Trinajstić information content (AvgIpc) is 3.43. The molecule has 8 heteroatoms. The van der Waals surface area contributed by atoms with Crippen molar-refractivity contribution in [2.24, 2.45) is 7.05 Å². The molecule has 0 saturated heterocycles. The first-order chi connectivity index (χ1) is 16.0. The van der Waals surface area contributed by atoms with Gasteiger partial charge in [-0.3, -0.25) is 4.79 Å². The number of aromatic nitrogens is 3. The van der Waals surface area contributed by atoms with Crippen LogP contribution in [0.25, 0.3) is 32.7 Å². The van der Waals surface area contributed by atoms with Crippen molar-refractivity contribution in [3.63, 3.8) is 0 Å². The van der Waals surface area contributed by atoms with Gasteiger partial charge in [0.25, 0.3) is 5.91 Å². The second-order valence-electron chi connectivity index (χ2n) is 7.38. The monoisotopic (exact) mass is 458 g/mol. The van der Waals surface area contributed by atoms with E-state index in [2.05, 4.69) is 15.4 Å². The molecular formula is C25H19FN4O2S. The van der Waals surface area contributed by atoms with Gasteiger partial charge in [0, 0.05) is 29.1 Å². The maximum atomic E-state index is 14.2. The second-order valence-corrected chi connectivity index (χ2v) is 8.24. The highest BCUT2D eigenvalue weighted by atomic mass is 32.1. The molecule has 2 heterocycles. The number of carbonyl (C=O) groups excluding carboxylic acids is 1. The lowest BCUT2D eigenvalue weighted by molar-refractivity contribution is 0.102. The van der Waals surface area contributed by atoms with Crippen molar-refractivity contribution < 1.29 is 13.9 Å². The Bertz CT molecular complexity index is 1490. The summed E-state index contributed by atoms with van der Waals surface area (Å²) in [5.74, 6) is 0.0524. The molecule has 0 saturated carbocycles. The Labute approximate surface area is 193 Å². The molecule has 0 bridgehead atoms. The van der Waals surface area contributed by atoms with Gasteiger partial charge < -0.3 is 10.1 Å². The Hall–Kier alpha value is -4.04. The molecule has 5 aromatic rings. The highest BCUT2D eigenvalue weighted by Crippen LogP contribution is 2.34. The number of thiazole rings is 1. The number of amides is 1. The fourth-order valence-electron chi connectivity index (χ4n) is 3.73. The third-order valence-electron chi connectivity index (χ3n) is 5.29. The summed E-state index contributed by atoms with van der Waals surface area (Å²) in [6.45, 7) is 0. The van der Waals surface area contributed by atoms with Gasteiger partial charge in [-0.15, -0.1) is 11.3 Å². The average molecular weight is 459 g/mol. The first-order valence-electron chi connectivity index (χ1n) is 10.2. The van der Waals surface area contributed by atoms with E-state index in [9.17, 15) is 9.18 Å². The molecule has 5 rings (SSSR count). The van der Waals surface area contributed by atoms with Crippen LogP contribution in [0.15, 0.2) is 72.1 Å². The van der Waals surface area contributed by atoms with Crippen LogP contribution >= 0.6 is 11.3 Å². The number of carbonyl (C=O) groups is 1. The lowest BCUT2D eigenvalue weighted by Crippen LogP contribution is -2.12. The van der Waals surface area contributed by atoms with Gasteiger partial charge in [0.05, 0.1) is 29.4 Å². The van der Waals surface area contributed by atoms with Crippen molar-refractivity contribution in [3.05, 3.63) is 83.5 Å². The van der Waals surface area contributed by atoms with Crippen LogP contribution in [0.4, 0.5) is 10.1 Å². The molecule has 0 atom stereocenters. The number of aryl methyl sites for hydroxylation is 1. The summed E-state index contributed by atoms with van der Waals surface area (Å²) >= 11 is 1.36. The molecule has 0 unspecified atom stereocenters. The van der Waals surface area contributed by atoms with Crippen molar-refractivity contribution >= 4 is 33.8 Å². The quantitative estimate of drug-likeness (QED) is 0.363. The number of nitrogens with zero attached hydrogens (tertiary/aromatic N) is 3. The zero-order chi connectivity index (χ0) is 22.9. The summed E-state index contributed by atoms with van der Waals surface area (Å²) in [4.78, 5) is 17.6. The van der Waals surface area contributed by atoms with Crippen LogP contribution in [0.3, 0.4) is 0 Å². The predicted molar refractivity (Wildman–Crippen MR) is 128 cm³/mol. The van der Waals surface area contributed by atoms with Crippen molar-refractivity contribution in [2.45, 2.75) is 0 Å². The SMILES string of the molecule is COc1c2ccc(C(=O)Nc3ccccc3-c3csc(-c4ccccc4F)n3)cc2nn1C. The largest absolute Gasteiger partial charge is 0.481 e. The summed E-state index contributed by atoms with van der Waals surface area (Å²) in [6, 6.07) is 19.3. The van der Waals surface area contributed by atoms with Gasteiger partial charge >= 0.3 is 0 Å². The van der Waals surface area contributed by atoms with E-state index in [4.69, 9.17) is 4.74 Å². The minimum absolute atomic E-state index is 0.265. The summed E-state index contributed by atoms with van der Waals surface area (Å²) in [5.41, 5.74) is 3.64. The molecule has 0 aliphatic heterocycles. The molecule has 1 amide bonds. The molecular weight excluding hydrogens is 439 g/mol. The fourth-order valence-corrected chi connectivity index (χ4v) is 4.57. The topological polar surface area (TPSA) is 69.0 Å². The Morgan fingerprint density at radius 2 is 1.82 bits per heavy atom.